The van der Waals surface area contributed by atoms with E-state index in [2.05, 4.69) is 10.2 Å². The molecule has 1 aromatic heterocycles. The van der Waals surface area contributed by atoms with Crippen LogP contribution in [0.2, 0.25) is 0 Å². The van der Waals surface area contributed by atoms with E-state index in [-0.39, 0.29) is 42.7 Å². The molecule has 0 saturated carbocycles. The second-order valence-electron chi connectivity index (χ2n) is 7.36. The number of fused-ring (bicyclic) bond motifs is 1. The van der Waals surface area contributed by atoms with Crippen LogP contribution in [0.15, 0.2) is 59.6 Å². The third-order valence-electron chi connectivity index (χ3n) is 5.38. The first-order valence-electron chi connectivity index (χ1n) is 10.2. The molecule has 3 heterocycles. The molecular formula is C21H21N5O5S. The zero-order chi connectivity index (χ0) is 22.1. The Kier molecular flexibility index (Phi) is 5.27. The van der Waals surface area contributed by atoms with Gasteiger partial charge in [0.2, 0.25) is 10.0 Å². The molecule has 2 aliphatic heterocycles. The molecule has 0 unspecified atom stereocenters. The summed E-state index contributed by atoms with van der Waals surface area (Å²) >= 11 is 0. The van der Waals surface area contributed by atoms with E-state index in [0.29, 0.717) is 24.7 Å². The lowest BCUT2D eigenvalue weighted by Crippen LogP contribution is -2.50. The highest BCUT2D eigenvalue weighted by Gasteiger charge is 2.32. The van der Waals surface area contributed by atoms with E-state index in [1.165, 1.54) is 27.4 Å². The van der Waals surface area contributed by atoms with Crippen molar-refractivity contribution >= 4 is 15.9 Å². The molecule has 0 spiro atoms. The minimum atomic E-state index is -3.71. The number of aromatic nitrogens is 3. The van der Waals surface area contributed by atoms with Crippen molar-refractivity contribution in [3.05, 3.63) is 60.4 Å². The molecule has 2 aliphatic rings. The van der Waals surface area contributed by atoms with E-state index in [0.717, 1.165) is 5.69 Å². The van der Waals surface area contributed by atoms with Gasteiger partial charge in [-0.25, -0.2) is 8.42 Å². The molecule has 0 radical (unpaired) electrons. The molecule has 32 heavy (non-hydrogen) atoms. The lowest BCUT2D eigenvalue weighted by atomic mass is 10.3. The number of rotatable bonds is 4. The van der Waals surface area contributed by atoms with Crippen LogP contribution in [-0.2, 0) is 10.0 Å². The number of carbonyl (C=O) groups excluding carboxylic acids is 1. The Bertz CT molecular complexity index is 1240. The maximum Gasteiger partial charge on any atom is 0.276 e. The second-order valence-corrected chi connectivity index (χ2v) is 9.29. The number of ether oxygens (including phenoxy) is 2. The summed E-state index contributed by atoms with van der Waals surface area (Å²) in [6.45, 7) is 1.73. The molecule has 1 fully saturated rings. The van der Waals surface area contributed by atoms with Gasteiger partial charge in [-0.1, -0.05) is 18.2 Å². The summed E-state index contributed by atoms with van der Waals surface area (Å²) in [5, 5.41) is 8.43. The van der Waals surface area contributed by atoms with Crippen molar-refractivity contribution in [2.75, 3.05) is 39.4 Å². The number of benzene rings is 2. The smallest absolute Gasteiger partial charge is 0.276 e. The molecule has 1 saturated heterocycles. The average Bonchev–Trinajstić information content (AvgIpc) is 3.34. The first-order chi connectivity index (χ1) is 15.5. The Morgan fingerprint density at radius 3 is 2.38 bits per heavy atom. The van der Waals surface area contributed by atoms with Crippen molar-refractivity contribution in [1.82, 2.24) is 24.2 Å². The van der Waals surface area contributed by atoms with E-state index in [4.69, 9.17) is 9.47 Å². The summed E-state index contributed by atoms with van der Waals surface area (Å²) in [4.78, 5) is 16.0. The van der Waals surface area contributed by atoms with Crippen LogP contribution in [0.3, 0.4) is 0 Å². The van der Waals surface area contributed by atoms with Gasteiger partial charge in [-0.3, -0.25) is 4.79 Å². The summed E-state index contributed by atoms with van der Waals surface area (Å²) in [6, 6.07) is 13.9. The van der Waals surface area contributed by atoms with Gasteiger partial charge in [0.05, 0.1) is 16.8 Å². The van der Waals surface area contributed by atoms with Crippen LogP contribution < -0.4 is 9.47 Å². The van der Waals surface area contributed by atoms with Crippen LogP contribution >= 0.6 is 0 Å². The predicted molar refractivity (Wildman–Crippen MR) is 113 cm³/mol. The zero-order valence-electron chi connectivity index (χ0n) is 17.1. The maximum absolute atomic E-state index is 13.1. The van der Waals surface area contributed by atoms with Crippen LogP contribution in [0.4, 0.5) is 0 Å². The van der Waals surface area contributed by atoms with Gasteiger partial charge < -0.3 is 14.4 Å². The monoisotopic (exact) mass is 455 g/mol. The molecule has 2 aromatic carbocycles. The van der Waals surface area contributed by atoms with Gasteiger partial charge in [-0.05, 0) is 24.3 Å². The maximum atomic E-state index is 13.1. The number of nitrogens with zero attached hydrogens (tertiary/aromatic N) is 5. The molecule has 0 N–H and O–H groups in total. The van der Waals surface area contributed by atoms with Crippen molar-refractivity contribution in [1.29, 1.82) is 0 Å². The molecule has 11 heteroatoms. The average molecular weight is 455 g/mol. The molecule has 10 nitrogen and oxygen atoms in total. The summed E-state index contributed by atoms with van der Waals surface area (Å²) in [7, 11) is -3.71. The standard InChI is InChI=1S/C21H21N5O5S/c27-21(18-15-22-26(23-18)16-4-2-1-3-5-16)24-8-10-25(11-9-24)32(28,29)17-6-7-19-20(14-17)31-13-12-30-19/h1-7,14-15H,8-13H2. The van der Waals surface area contributed by atoms with Crippen LogP contribution in [0, 0.1) is 0 Å². The Hall–Kier alpha value is -3.44. The zero-order valence-corrected chi connectivity index (χ0v) is 17.9. The number of piperazine rings is 1. The number of carbonyl (C=O) groups is 1. The van der Waals surface area contributed by atoms with Crippen molar-refractivity contribution in [3.63, 3.8) is 0 Å². The normalized spacial score (nSPS) is 16.7. The van der Waals surface area contributed by atoms with Gasteiger partial charge in [0.15, 0.2) is 17.2 Å². The van der Waals surface area contributed by atoms with E-state index in [1.807, 2.05) is 30.3 Å². The molecule has 1 amide bonds. The van der Waals surface area contributed by atoms with Crippen LogP contribution in [0.1, 0.15) is 10.5 Å². The van der Waals surface area contributed by atoms with Gasteiger partial charge in [0, 0.05) is 32.2 Å². The number of sulfonamides is 1. The predicted octanol–water partition coefficient (Wildman–Crippen LogP) is 1.19. The summed E-state index contributed by atoms with van der Waals surface area (Å²) in [5.74, 6) is 0.686. The Morgan fingerprint density at radius 1 is 0.906 bits per heavy atom. The highest BCUT2D eigenvalue weighted by Crippen LogP contribution is 2.33. The fourth-order valence-corrected chi connectivity index (χ4v) is 5.11. The Labute approximate surface area is 185 Å². The fraction of sp³-hybridized carbons (Fsp3) is 0.286. The van der Waals surface area contributed by atoms with Gasteiger partial charge in [0.25, 0.3) is 5.91 Å². The van der Waals surface area contributed by atoms with Crippen LogP contribution in [0.5, 0.6) is 11.5 Å². The van der Waals surface area contributed by atoms with Gasteiger partial charge in [-0.2, -0.15) is 14.2 Å². The van der Waals surface area contributed by atoms with Crippen molar-refractivity contribution in [2.45, 2.75) is 4.90 Å². The molecule has 5 rings (SSSR count). The van der Waals surface area contributed by atoms with E-state index >= 15 is 0 Å². The van der Waals surface area contributed by atoms with Gasteiger partial charge >= 0.3 is 0 Å². The number of hydrogen-bond acceptors (Lipinski definition) is 7. The van der Waals surface area contributed by atoms with Crippen molar-refractivity contribution in [2.24, 2.45) is 0 Å². The lowest BCUT2D eigenvalue weighted by molar-refractivity contribution is 0.0691. The van der Waals surface area contributed by atoms with E-state index in [1.54, 1.807) is 11.0 Å². The fourth-order valence-electron chi connectivity index (χ4n) is 3.67. The molecule has 0 atom stereocenters. The Balaban J connectivity index is 1.26. The first kappa shape index (κ1) is 20.5. The van der Waals surface area contributed by atoms with E-state index < -0.39 is 10.0 Å². The van der Waals surface area contributed by atoms with Crippen LogP contribution in [0.25, 0.3) is 5.69 Å². The van der Waals surface area contributed by atoms with E-state index in [9.17, 15) is 13.2 Å². The molecule has 0 bridgehead atoms. The molecule has 166 valence electrons. The van der Waals surface area contributed by atoms with Crippen molar-refractivity contribution in [3.8, 4) is 17.2 Å². The largest absolute Gasteiger partial charge is 0.486 e. The summed E-state index contributed by atoms with van der Waals surface area (Å²) in [5.41, 5.74) is 0.971. The molecule has 3 aromatic rings. The Morgan fingerprint density at radius 2 is 1.62 bits per heavy atom. The number of amides is 1. The third kappa shape index (κ3) is 3.80. The minimum absolute atomic E-state index is 0.146. The highest BCUT2D eigenvalue weighted by atomic mass is 32.2. The molecular weight excluding hydrogens is 434 g/mol. The number of para-hydroxylation sites is 1. The SMILES string of the molecule is O=C(c1cnn(-c2ccccc2)n1)N1CCN(S(=O)(=O)c2ccc3c(c2)OCCO3)CC1. The lowest BCUT2D eigenvalue weighted by Gasteiger charge is -2.33. The summed E-state index contributed by atoms with van der Waals surface area (Å²) in [6.07, 6.45) is 1.42. The van der Waals surface area contributed by atoms with Gasteiger partial charge in [-0.15, -0.1) is 5.10 Å². The molecule has 0 aliphatic carbocycles. The topological polar surface area (TPSA) is 107 Å². The highest BCUT2D eigenvalue weighted by molar-refractivity contribution is 7.89. The second kappa shape index (κ2) is 8.24. The summed E-state index contributed by atoms with van der Waals surface area (Å²) < 4.78 is 38.5. The first-order valence-corrected chi connectivity index (χ1v) is 11.6. The van der Waals surface area contributed by atoms with Gasteiger partial charge in [0.1, 0.15) is 13.2 Å². The van der Waals surface area contributed by atoms with Crippen LogP contribution in [-0.4, -0.2) is 77.9 Å². The minimum Gasteiger partial charge on any atom is -0.486 e. The quantitative estimate of drug-likeness (QED) is 0.582. The third-order valence-corrected chi connectivity index (χ3v) is 7.27. The number of hydrogen-bond donors (Lipinski definition) is 0. The van der Waals surface area contributed by atoms with Crippen molar-refractivity contribution < 1.29 is 22.7 Å².